The summed E-state index contributed by atoms with van der Waals surface area (Å²) < 4.78 is 13.5. The van der Waals surface area contributed by atoms with E-state index in [9.17, 15) is 9.18 Å². The standard InChI is InChI=1S/C13H18ClFN2O.ClH/c1-3-13(16,4-2)8-17-12(18)10-7-9(14)5-6-11(10)15;/h5-7H,3-4,8,16H2,1-2H3,(H,17,18);1H. The van der Waals surface area contributed by atoms with Crippen LogP contribution in [0.15, 0.2) is 18.2 Å². The first kappa shape index (κ1) is 18.2. The van der Waals surface area contributed by atoms with Crippen molar-refractivity contribution in [3.63, 3.8) is 0 Å². The molecule has 1 rings (SSSR count). The Morgan fingerprint density at radius 1 is 1.42 bits per heavy atom. The number of nitrogens with one attached hydrogen (secondary N) is 1. The minimum absolute atomic E-state index is 0. The van der Waals surface area contributed by atoms with Gasteiger partial charge in [0.05, 0.1) is 5.56 Å². The van der Waals surface area contributed by atoms with E-state index in [0.29, 0.717) is 11.6 Å². The zero-order valence-corrected chi connectivity index (χ0v) is 12.6. The van der Waals surface area contributed by atoms with Gasteiger partial charge >= 0.3 is 0 Å². The van der Waals surface area contributed by atoms with Crippen molar-refractivity contribution in [1.29, 1.82) is 0 Å². The minimum atomic E-state index is -0.590. The summed E-state index contributed by atoms with van der Waals surface area (Å²) in [5.41, 5.74) is 5.54. The molecule has 0 bridgehead atoms. The summed E-state index contributed by atoms with van der Waals surface area (Å²) in [5.74, 6) is -1.08. The van der Waals surface area contributed by atoms with Gasteiger partial charge in [-0.15, -0.1) is 12.4 Å². The highest BCUT2D eigenvalue weighted by atomic mass is 35.5. The zero-order valence-electron chi connectivity index (χ0n) is 11.0. The van der Waals surface area contributed by atoms with Gasteiger partial charge in [0.2, 0.25) is 0 Å². The predicted molar refractivity (Wildman–Crippen MR) is 78.5 cm³/mol. The molecule has 0 heterocycles. The molecular formula is C13H19Cl2FN2O. The van der Waals surface area contributed by atoms with Gasteiger partial charge in [0.25, 0.3) is 5.91 Å². The predicted octanol–water partition coefficient (Wildman–Crippen LogP) is 3.15. The van der Waals surface area contributed by atoms with Gasteiger partial charge in [0, 0.05) is 17.1 Å². The van der Waals surface area contributed by atoms with Gasteiger partial charge in [0.1, 0.15) is 5.82 Å². The van der Waals surface area contributed by atoms with Crippen molar-refractivity contribution in [2.75, 3.05) is 6.54 Å². The van der Waals surface area contributed by atoms with E-state index in [4.69, 9.17) is 17.3 Å². The van der Waals surface area contributed by atoms with Crippen LogP contribution in [0, 0.1) is 5.82 Å². The van der Waals surface area contributed by atoms with Crippen LogP contribution in [0.25, 0.3) is 0 Å². The van der Waals surface area contributed by atoms with E-state index < -0.39 is 17.3 Å². The number of hydrogen-bond donors (Lipinski definition) is 2. The SMILES string of the molecule is CCC(N)(CC)CNC(=O)c1cc(Cl)ccc1F.Cl. The van der Waals surface area contributed by atoms with E-state index in [1.165, 1.54) is 18.2 Å². The largest absolute Gasteiger partial charge is 0.350 e. The summed E-state index contributed by atoms with van der Waals surface area (Å²) in [4.78, 5) is 11.8. The van der Waals surface area contributed by atoms with Crippen molar-refractivity contribution in [2.24, 2.45) is 5.73 Å². The lowest BCUT2D eigenvalue weighted by Gasteiger charge is -2.26. The molecule has 6 heteroatoms. The van der Waals surface area contributed by atoms with E-state index in [2.05, 4.69) is 5.32 Å². The number of amides is 1. The van der Waals surface area contributed by atoms with Crippen molar-refractivity contribution >= 4 is 29.9 Å². The van der Waals surface area contributed by atoms with Crippen LogP contribution in [0.4, 0.5) is 4.39 Å². The van der Waals surface area contributed by atoms with Crippen LogP contribution in [-0.4, -0.2) is 18.0 Å². The van der Waals surface area contributed by atoms with Crippen LogP contribution in [0.5, 0.6) is 0 Å². The second-order valence-electron chi connectivity index (χ2n) is 4.38. The fourth-order valence-electron chi connectivity index (χ4n) is 1.52. The lowest BCUT2D eigenvalue weighted by Crippen LogP contribution is -2.49. The number of halogens is 3. The highest BCUT2D eigenvalue weighted by molar-refractivity contribution is 6.30. The molecule has 0 atom stereocenters. The zero-order chi connectivity index (χ0) is 13.8. The lowest BCUT2D eigenvalue weighted by atomic mass is 9.94. The van der Waals surface area contributed by atoms with Gasteiger partial charge in [-0.2, -0.15) is 0 Å². The average Bonchev–Trinajstić information content (AvgIpc) is 2.38. The van der Waals surface area contributed by atoms with E-state index in [1.807, 2.05) is 13.8 Å². The van der Waals surface area contributed by atoms with Gasteiger partial charge in [-0.3, -0.25) is 4.79 Å². The van der Waals surface area contributed by atoms with Crippen LogP contribution in [0.1, 0.15) is 37.0 Å². The van der Waals surface area contributed by atoms with Crippen LogP contribution >= 0.6 is 24.0 Å². The van der Waals surface area contributed by atoms with Crippen molar-refractivity contribution in [1.82, 2.24) is 5.32 Å². The molecule has 19 heavy (non-hydrogen) atoms. The van der Waals surface area contributed by atoms with Gasteiger partial charge in [-0.25, -0.2) is 4.39 Å². The maximum Gasteiger partial charge on any atom is 0.254 e. The van der Waals surface area contributed by atoms with E-state index >= 15 is 0 Å². The number of nitrogens with two attached hydrogens (primary N) is 1. The second-order valence-corrected chi connectivity index (χ2v) is 4.81. The van der Waals surface area contributed by atoms with Gasteiger partial charge in [-0.05, 0) is 31.0 Å². The summed E-state index contributed by atoms with van der Waals surface area (Å²) in [5, 5.41) is 2.97. The number of rotatable bonds is 5. The fourth-order valence-corrected chi connectivity index (χ4v) is 1.70. The van der Waals surface area contributed by atoms with Gasteiger partial charge in [0.15, 0.2) is 0 Å². The molecule has 0 unspecified atom stereocenters. The van der Waals surface area contributed by atoms with Gasteiger partial charge < -0.3 is 11.1 Å². The smallest absolute Gasteiger partial charge is 0.254 e. The fraction of sp³-hybridized carbons (Fsp3) is 0.462. The topological polar surface area (TPSA) is 55.1 Å². The molecule has 1 aromatic rings. The summed E-state index contributed by atoms with van der Waals surface area (Å²) >= 11 is 5.73. The van der Waals surface area contributed by atoms with Crippen LogP contribution in [0.3, 0.4) is 0 Å². The highest BCUT2D eigenvalue weighted by Gasteiger charge is 2.22. The molecule has 108 valence electrons. The Morgan fingerprint density at radius 3 is 2.53 bits per heavy atom. The van der Waals surface area contributed by atoms with Crippen molar-refractivity contribution in [2.45, 2.75) is 32.2 Å². The third-order valence-electron chi connectivity index (χ3n) is 3.18. The maximum absolute atomic E-state index is 13.5. The number of benzene rings is 1. The van der Waals surface area contributed by atoms with Crippen molar-refractivity contribution in [3.05, 3.63) is 34.6 Å². The Morgan fingerprint density at radius 2 is 2.00 bits per heavy atom. The molecule has 0 aliphatic heterocycles. The Bertz CT molecular complexity index is 437. The Labute approximate surface area is 124 Å². The molecule has 0 aromatic heterocycles. The monoisotopic (exact) mass is 308 g/mol. The third-order valence-corrected chi connectivity index (χ3v) is 3.42. The molecule has 3 N–H and O–H groups in total. The first-order valence-corrected chi connectivity index (χ1v) is 6.32. The Hall–Kier alpha value is -0.840. The quantitative estimate of drug-likeness (QED) is 0.878. The van der Waals surface area contributed by atoms with Crippen molar-refractivity contribution < 1.29 is 9.18 Å². The second kappa shape index (κ2) is 7.68. The third kappa shape index (κ3) is 4.97. The summed E-state index contributed by atoms with van der Waals surface area (Å²) in [6.07, 6.45) is 1.48. The highest BCUT2D eigenvalue weighted by Crippen LogP contribution is 2.15. The lowest BCUT2D eigenvalue weighted by molar-refractivity contribution is 0.0938. The maximum atomic E-state index is 13.5. The van der Waals surface area contributed by atoms with E-state index in [0.717, 1.165) is 12.8 Å². The molecule has 0 saturated carbocycles. The first-order valence-electron chi connectivity index (χ1n) is 5.94. The molecule has 0 spiro atoms. The van der Waals surface area contributed by atoms with E-state index in [-0.39, 0.29) is 18.0 Å². The van der Waals surface area contributed by atoms with Gasteiger partial charge in [-0.1, -0.05) is 25.4 Å². The molecule has 0 radical (unpaired) electrons. The van der Waals surface area contributed by atoms with Crippen LogP contribution in [0.2, 0.25) is 5.02 Å². The number of carbonyl (C=O) groups excluding carboxylic acids is 1. The number of carbonyl (C=O) groups is 1. The summed E-state index contributed by atoms with van der Waals surface area (Å²) in [6, 6.07) is 3.88. The van der Waals surface area contributed by atoms with Crippen LogP contribution in [-0.2, 0) is 0 Å². The molecule has 1 amide bonds. The normalized spacial score (nSPS) is 10.8. The van der Waals surface area contributed by atoms with Crippen LogP contribution < -0.4 is 11.1 Å². The molecule has 0 aliphatic carbocycles. The number of hydrogen-bond acceptors (Lipinski definition) is 2. The summed E-state index contributed by atoms with van der Waals surface area (Å²) in [6.45, 7) is 4.22. The molecule has 1 aromatic carbocycles. The van der Waals surface area contributed by atoms with Crippen molar-refractivity contribution in [3.8, 4) is 0 Å². The van der Waals surface area contributed by atoms with E-state index in [1.54, 1.807) is 0 Å². The molecule has 3 nitrogen and oxygen atoms in total. The molecule has 0 saturated heterocycles. The Balaban J connectivity index is 0.00000324. The molecule has 0 aliphatic rings. The first-order chi connectivity index (χ1) is 8.41. The molecule has 0 fully saturated rings. The Kier molecular flexibility index (Phi) is 7.34. The average molecular weight is 309 g/mol. The molecular weight excluding hydrogens is 290 g/mol. The summed E-state index contributed by atoms with van der Waals surface area (Å²) in [7, 11) is 0. The minimum Gasteiger partial charge on any atom is -0.350 e.